The number of rotatable bonds is 5. The van der Waals surface area contributed by atoms with Crippen molar-refractivity contribution in [1.82, 2.24) is 14.8 Å². The van der Waals surface area contributed by atoms with Crippen LogP contribution in [0.5, 0.6) is 5.75 Å². The number of hydrogen-bond acceptors (Lipinski definition) is 2. The van der Waals surface area contributed by atoms with Crippen LogP contribution in [-0.2, 0) is 20.1 Å². The molecule has 2 rings (SSSR count). The van der Waals surface area contributed by atoms with Crippen molar-refractivity contribution in [2.75, 3.05) is 13.6 Å². The fraction of sp³-hybridized carbons (Fsp3) is 0.353. The van der Waals surface area contributed by atoms with Crippen molar-refractivity contribution in [3.05, 3.63) is 52.0 Å². The van der Waals surface area contributed by atoms with Gasteiger partial charge < -0.3 is 19.9 Å². The molecule has 8 heteroatoms. The average Bonchev–Trinajstić information content (AvgIpc) is 2.84. The SMILES string of the molecule is CCNC(=NCc1ccc(O)c(F)c1)N(C)Cc1cc(Br)cn1C.I. The second-order valence-electron chi connectivity index (χ2n) is 5.57. The van der Waals surface area contributed by atoms with Crippen LogP contribution in [0.1, 0.15) is 18.2 Å². The zero-order valence-electron chi connectivity index (χ0n) is 14.5. The van der Waals surface area contributed by atoms with Gasteiger partial charge >= 0.3 is 0 Å². The molecule has 0 aliphatic heterocycles. The lowest BCUT2D eigenvalue weighted by Gasteiger charge is -2.22. The Morgan fingerprint density at radius 2 is 2.12 bits per heavy atom. The number of guanidine groups is 1. The second-order valence-corrected chi connectivity index (χ2v) is 6.49. The van der Waals surface area contributed by atoms with Gasteiger partial charge in [0.05, 0.1) is 13.1 Å². The molecule has 0 saturated heterocycles. The minimum absolute atomic E-state index is 0. The summed E-state index contributed by atoms with van der Waals surface area (Å²) in [5.74, 6) is -0.237. The average molecular weight is 525 g/mol. The minimum Gasteiger partial charge on any atom is -0.505 e. The predicted molar refractivity (Wildman–Crippen MR) is 113 cm³/mol. The van der Waals surface area contributed by atoms with Crippen molar-refractivity contribution in [2.45, 2.75) is 20.0 Å². The van der Waals surface area contributed by atoms with Gasteiger partial charge in [-0.3, -0.25) is 0 Å². The first kappa shape index (κ1) is 21.8. The van der Waals surface area contributed by atoms with Crippen LogP contribution < -0.4 is 5.32 Å². The van der Waals surface area contributed by atoms with Crippen molar-refractivity contribution >= 4 is 45.9 Å². The van der Waals surface area contributed by atoms with Crippen molar-refractivity contribution < 1.29 is 9.50 Å². The Labute approximate surface area is 173 Å². The highest BCUT2D eigenvalue weighted by atomic mass is 127. The number of hydrogen-bond donors (Lipinski definition) is 2. The van der Waals surface area contributed by atoms with E-state index in [-0.39, 0.29) is 29.7 Å². The summed E-state index contributed by atoms with van der Waals surface area (Å²) in [5, 5.41) is 12.5. The highest BCUT2D eigenvalue weighted by Crippen LogP contribution is 2.17. The Morgan fingerprint density at radius 3 is 2.68 bits per heavy atom. The molecule has 138 valence electrons. The van der Waals surface area contributed by atoms with Gasteiger partial charge in [0.2, 0.25) is 0 Å². The van der Waals surface area contributed by atoms with Crippen LogP contribution in [0, 0.1) is 5.82 Å². The number of aromatic nitrogens is 1. The summed E-state index contributed by atoms with van der Waals surface area (Å²) < 4.78 is 16.5. The van der Waals surface area contributed by atoms with Gasteiger partial charge in [0, 0.05) is 37.0 Å². The van der Waals surface area contributed by atoms with Gasteiger partial charge in [-0.25, -0.2) is 9.38 Å². The number of aliphatic imine (C=N–C) groups is 1. The molecule has 1 aromatic carbocycles. The van der Waals surface area contributed by atoms with Crippen LogP contribution in [0.4, 0.5) is 4.39 Å². The normalized spacial score (nSPS) is 11.2. The van der Waals surface area contributed by atoms with Crippen LogP contribution in [0.15, 0.2) is 39.9 Å². The van der Waals surface area contributed by atoms with Crippen molar-refractivity contribution in [2.24, 2.45) is 12.0 Å². The molecule has 1 aromatic heterocycles. The van der Waals surface area contributed by atoms with E-state index >= 15 is 0 Å². The summed E-state index contributed by atoms with van der Waals surface area (Å²) in [7, 11) is 3.96. The van der Waals surface area contributed by atoms with E-state index in [0.717, 1.165) is 22.7 Å². The Kier molecular flexibility index (Phi) is 8.70. The Bertz CT molecular complexity index is 735. The lowest BCUT2D eigenvalue weighted by atomic mass is 10.2. The zero-order chi connectivity index (χ0) is 17.7. The van der Waals surface area contributed by atoms with Crippen LogP contribution in [-0.4, -0.2) is 34.1 Å². The van der Waals surface area contributed by atoms with Gasteiger partial charge in [0.1, 0.15) is 0 Å². The number of nitrogens with one attached hydrogen (secondary N) is 1. The Balaban J connectivity index is 0.00000312. The van der Waals surface area contributed by atoms with Gasteiger partial charge in [-0.15, -0.1) is 24.0 Å². The highest BCUT2D eigenvalue weighted by molar-refractivity contribution is 14.0. The van der Waals surface area contributed by atoms with Gasteiger partial charge in [0.25, 0.3) is 0 Å². The number of phenolic OH excluding ortho intramolecular Hbond substituents is 1. The number of aromatic hydroxyl groups is 1. The zero-order valence-corrected chi connectivity index (χ0v) is 18.4. The van der Waals surface area contributed by atoms with E-state index in [1.165, 1.54) is 12.1 Å². The largest absolute Gasteiger partial charge is 0.505 e. The molecule has 0 saturated carbocycles. The molecular weight excluding hydrogens is 502 g/mol. The van der Waals surface area contributed by atoms with Crippen molar-refractivity contribution in [3.63, 3.8) is 0 Å². The van der Waals surface area contributed by atoms with E-state index in [1.807, 2.05) is 32.1 Å². The van der Waals surface area contributed by atoms with Gasteiger partial charge in [-0.1, -0.05) is 6.07 Å². The molecule has 0 aliphatic rings. The maximum Gasteiger partial charge on any atom is 0.194 e. The summed E-state index contributed by atoms with van der Waals surface area (Å²) in [6, 6.07) is 6.38. The maximum absolute atomic E-state index is 13.4. The third-order valence-electron chi connectivity index (χ3n) is 3.59. The minimum atomic E-state index is -0.630. The lowest BCUT2D eigenvalue weighted by molar-refractivity contribution is 0.431. The van der Waals surface area contributed by atoms with Gasteiger partial charge in [-0.2, -0.15) is 0 Å². The van der Waals surface area contributed by atoms with Crippen LogP contribution >= 0.6 is 39.9 Å². The Morgan fingerprint density at radius 1 is 1.40 bits per heavy atom. The third-order valence-corrected chi connectivity index (χ3v) is 4.03. The quantitative estimate of drug-likeness (QED) is 0.355. The standard InChI is InChI=1S/C17H22BrFN4O.HI/c1-4-20-17(21-9-12-5-6-16(24)15(19)7-12)23(3)11-14-8-13(18)10-22(14)2;/h5-8,10,24H,4,9,11H2,1-3H3,(H,20,21);1H. The first-order chi connectivity index (χ1) is 11.4. The van der Waals surface area contributed by atoms with E-state index in [1.54, 1.807) is 6.07 Å². The fourth-order valence-corrected chi connectivity index (χ4v) is 2.90. The topological polar surface area (TPSA) is 52.8 Å². The highest BCUT2D eigenvalue weighted by Gasteiger charge is 2.10. The molecule has 0 spiro atoms. The second kappa shape index (κ2) is 10.0. The molecule has 0 unspecified atom stereocenters. The van der Waals surface area contributed by atoms with Crippen LogP contribution in [0.3, 0.4) is 0 Å². The lowest BCUT2D eigenvalue weighted by Crippen LogP contribution is -2.38. The predicted octanol–water partition coefficient (Wildman–Crippen LogP) is 3.85. The molecule has 0 atom stereocenters. The molecule has 0 amide bonds. The number of aryl methyl sites for hydroxylation is 1. The number of halogens is 3. The van der Waals surface area contributed by atoms with Crippen molar-refractivity contribution in [3.8, 4) is 5.75 Å². The molecule has 0 fully saturated rings. The van der Waals surface area contributed by atoms with Gasteiger partial charge in [0.15, 0.2) is 17.5 Å². The first-order valence-electron chi connectivity index (χ1n) is 7.68. The summed E-state index contributed by atoms with van der Waals surface area (Å²) in [6.45, 7) is 3.77. The van der Waals surface area contributed by atoms with E-state index in [2.05, 4.69) is 36.9 Å². The molecule has 1 heterocycles. The van der Waals surface area contributed by atoms with E-state index in [0.29, 0.717) is 18.7 Å². The first-order valence-corrected chi connectivity index (χ1v) is 8.47. The van der Waals surface area contributed by atoms with E-state index in [4.69, 9.17) is 0 Å². The summed E-state index contributed by atoms with van der Waals surface area (Å²) in [4.78, 5) is 6.57. The fourth-order valence-electron chi connectivity index (χ4n) is 2.33. The number of benzene rings is 1. The number of phenols is 1. The van der Waals surface area contributed by atoms with Crippen molar-refractivity contribution in [1.29, 1.82) is 0 Å². The van der Waals surface area contributed by atoms with Crippen LogP contribution in [0.25, 0.3) is 0 Å². The smallest absolute Gasteiger partial charge is 0.194 e. The summed E-state index contributed by atoms with van der Waals surface area (Å²) >= 11 is 3.47. The molecular formula is C17H23BrFIN4O. The van der Waals surface area contributed by atoms with E-state index < -0.39 is 5.82 Å². The van der Waals surface area contributed by atoms with Gasteiger partial charge in [-0.05, 0) is 46.6 Å². The molecule has 0 aliphatic carbocycles. The summed E-state index contributed by atoms with van der Waals surface area (Å²) in [5.41, 5.74) is 1.85. The molecule has 0 radical (unpaired) electrons. The molecule has 2 N–H and O–H groups in total. The molecule has 25 heavy (non-hydrogen) atoms. The molecule has 2 aromatic rings. The van der Waals surface area contributed by atoms with Crippen LogP contribution in [0.2, 0.25) is 0 Å². The number of nitrogens with zero attached hydrogens (tertiary/aromatic N) is 3. The molecule has 5 nitrogen and oxygen atoms in total. The van der Waals surface area contributed by atoms with E-state index in [9.17, 15) is 9.50 Å². The molecule has 0 bridgehead atoms. The third kappa shape index (κ3) is 6.18. The summed E-state index contributed by atoms with van der Waals surface area (Å²) in [6.07, 6.45) is 2.01. The maximum atomic E-state index is 13.4. The monoisotopic (exact) mass is 524 g/mol. The Hall–Kier alpha value is -1.29.